The number of hydrogen-bond donors (Lipinski definition) is 2. The molecule has 0 aromatic heterocycles. The summed E-state index contributed by atoms with van der Waals surface area (Å²) in [6, 6.07) is 0. The molecule has 0 aromatic rings. The third kappa shape index (κ3) is 3.11. The molecule has 0 radical (unpaired) electrons. The van der Waals surface area contributed by atoms with Crippen LogP contribution in [0.3, 0.4) is 0 Å². The zero-order valence-corrected chi connectivity index (χ0v) is 7.87. The van der Waals surface area contributed by atoms with Crippen molar-refractivity contribution < 1.29 is 10.2 Å². The molecular weight excluding hydrogens is 152 g/mol. The van der Waals surface area contributed by atoms with Gasteiger partial charge < -0.3 is 10.2 Å². The van der Waals surface area contributed by atoms with Gasteiger partial charge in [-0.1, -0.05) is 32.1 Å². The Labute approximate surface area is 74.6 Å². The predicted octanol–water partition coefficient (Wildman–Crippen LogP) is 1.70. The maximum Gasteiger partial charge on any atom is 0.0799 e. The fraction of sp³-hybridized carbons (Fsp3) is 1.00. The topological polar surface area (TPSA) is 40.5 Å². The lowest BCUT2D eigenvalue weighted by molar-refractivity contribution is 0.0123. The minimum Gasteiger partial charge on any atom is -0.391 e. The first-order chi connectivity index (χ1) is 5.70. The van der Waals surface area contributed by atoms with Crippen molar-refractivity contribution in [3.63, 3.8) is 0 Å². The van der Waals surface area contributed by atoms with E-state index < -0.39 is 12.2 Å². The maximum absolute atomic E-state index is 9.43. The number of hydrogen-bond acceptors (Lipinski definition) is 2. The van der Waals surface area contributed by atoms with Gasteiger partial charge in [0.1, 0.15) is 0 Å². The zero-order valence-electron chi connectivity index (χ0n) is 7.87. The van der Waals surface area contributed by atoms with Gasteiger partial charge >= 0.3 is 0 Å². The Morgan fingerprint density at radius 1 is 1.17 bits per heavy atom. The quantitative estimate of drug-likeness (QED) is 0.680. The van der Waals surface area contributed by atoms with Gasteiger partial charge in [0, 0.05) is 0 Å². The highest BCUT2D eigenvalue weighted by Gasteiger charge is 2.19. The summed E-state index contributed by atoms with van der Waals surface area (Å²) in [6.45, 7) is 1.66. The highest BCUT2D eigenvalue weighted by molar-refractivity contribution is 4.72. The standard InChI is InChI=1S/C10H20O2/c1-8(11)10(12)7-9-5-3-2-4-6-9/h8-12H,2-7H2,1H3. The van der Waals surface area contributed by atoms with Crippen molar-refractivity contribution in [3.05, 3.63) is 0 Å². The Bertz CT molecular complexity index is 117. The van der Waals surface area contributed by atoms with Gasteiger partial charge in [-0.25, -0.2) is 0 Å². The molecule has 12 heavy (non-hydrogen) atoms. The van der Waals surface area contributed by atoms with Crippen LogP contribution in [-0.4, -0.2) is 22.4 Å². The molecule has 72 valence electrons. The molecule has 1 fully saturated rings. The Balaban J connectivity index is 2.20. The van der Waals surface area contributed by atoms with Crippen LogP contribution in [-0.2, 0) is 0 Å². The molecule has 1 aliphatic carbocycles. The van der Waals surface area contributed by atoms with Gasteiger partial charge in [-0.05, 0) is 19.3 Å². The highest BCUT2D eigenvalue weighted by Crippen LogP contribution is 2.27. The van der Waals surface area contributed by atoms with Gasteiger partial charge in [0.25, 0.3) is 0 Å². The molecule has 1 aliphatic rings. The van der Waals surface area contributed by atoms with E-state index in [1.165, 1.54) is 32.1 Å². The van der Waals surface area contributed by atoms with E-state index in [2.05, 4.69) is 0 Å². The van der Waals surface area contributed by atoms with Crippen molar-refractivity contribution in [1.29, 1.82) is 0 Å². The summed E-state index contributed by atoms with van der Waals surface area (Å²) in [5.41, 5.74) is 0. The first kappa shape index (κ1) is 10.0. The molecule has 2 unspecified atom stereocenters. The van der Waals surface area contributed by atoms with Gasteiger partial charge in [-0.2, -0.15) is 0 Å². The molecule has 0 heterocycles. The van der Waals surface area contributed by atoms with Gasteiger partial charge in [-0.15, -0.1) is 0 Å². The summed E-state index contributed by atoms with van der Waals surface area (Å²) in [4.78, 5) is 0. The lowest BCUT2D eigenvalue weighted by atomic mass is 9.85. The van der Waals surface area contributed by atoms with Crippen LogP contribution in [0.1, 0.15) is 45.4 Å². The molecule has 1 rings (SSSR count). The van der Waals surface area contributed by atoms with Crippen molar-refractivity contribution >= 4 is 0 Å². The van der Waals surface area contributed by atoms with E-state index in [4.69, 9.17) is 5.11 Å². The minimum absolute atomic E-state index is 0.506. The molecule has 2 heteroatoms. The first-order valence-corrected chi connectivity index (χ1v) is 5.06. The second-order valence-electron chi connectivity index (χ2n) is 4.05. The Hall–Kier alpha value is -0.0800. The smallest absolute Gasteiger partial charge is 0.0799 e. The molecule has 0 aromatic carbocycles. The lowest BCUT2D eigenvalue weighted by Crippen LogP contribution is -2.26. The van der Waals surface area contributed by atoms with Crippen molar-refractivity contribution in [1.82, 2.24) is 0 Å². The Morgan fingerprint density at radius 2 is 1.75 bits per heavy atom. The molecule has 0 aliphatic heterocycles. The predicted molar refractivity (Wildman–Crippen MR) is 48.9 cm³/mol. The SMILES string of the molecule is CC(O)C(O)CC1CCCCC1. The minimum atomic E-state index is -0.563. The second kappa shape index (κ2) is 4.83. The van der Waals surface area contributed by atoms with Gasteiger partial charge in [0.05, 0.1) is 12.2 Å². The van der Waals surface area contributed by atoms with Crippen LogP contribution in [0.4, 0.5) is 0 Å². The van der Waals surface area contributed by atoms with Crippen LogP contribution >= 0.6 is 0 Å². The Morgan fingerprint density at radius 3 is 2.25 bits per heavy atom. The molecule has 0 bridgehead atoms. The van der Waals surface area contributed by atoms with Crippen molar-refractivity contribution in [2.24, 2.45) is 5.92 Å². The van der Waals surface area contributed by atoms with E-state index in [-0.39, 0.29) is 0 Å². The molecule has 2 nitrogen and oxygen atoms in total. The molecule has 0 saturated heterocycles. The number of aliphatic hydroxyl groups excluding tert-OH is 2. The third-order valence-electron chi connectivity index (χ3n) is 2.86. The average molecular weight is 172 g/mol. The largest absolute Gasteiger partial charge is 0.391 e. The maximum atomic E-state index is 9.43. The molecule has 0 spiro atoms. The van der Waals surface area contributed by atoms with Crippen molar-refractivity contribution in [2.75, 3.05) is 0 Å². The van der Waals surface area contributed by atoms with E-state index in [1.54, 1.807) is 6.92 Å². The highest BCUT2D eigenvalue weighted by atomic mass is 16.3. The molecule has 2 N–H and O–H groups in total. The summed E-state index contributed by atoms with van der Waals surface area (Å²) < 4.78 is 0. The summed E-state index contributed by atoms with van der Waals surface area (Å²) in [5.74, 6) is 0.656. The first-order valence-electron chi connectivity index (χ1n) is 5.06. The monoisotopic (exact) mass is 172 g/mol. The van der Waals surface area contributed by atoms with E-state index in [0.29, 0.717) is 5.92 Å². The normalized spacial score (nSPS) is 25.2. The van der Waals surface area contributed by atoms with Gasteiger partial charge in [0.15, 0.2) is 0 Å². The van der Waals surface area contributed by atoms with E-state index >= 15 is 0 Å². The van der Waals surface area contributed by atoms with Crippen LogP contribution in [0.25, 0.3) is 0 Å². The van der Waals surface area contributed by atoms with Crippen molar-refractivity contribution in [2.45, 2.75) is 57.7 Å². The van der Waals surface area contributed by atoms with Crippen LogP contribution in [0.15, 0.2) is 0 Å². The van der Waals surface area contributed by atoms with Crippen LogP contribution in [0, 0.1) is 5.92 Å². The van der Waals surface area contributed by atoms with E-state index in [1.807, 2.05) is 0 Å². The van der Waals surface area contributed by atoms with Crippen LogP contribution in [0.2, 0.25) is 0 Å². The third-order valence-corrected chi connectivity index (χ3v) is 2.86. The Kier molecular flexibility index (Phi) is 4.02. The van der Waals surface area contributed by atoms with Gasteiger partial charge in [-0.3, -0.25) is 0 Å². The fourth-order valence-electron chi connectivity index (χ4n) is 1.96. The van der Waals surface area contributed by atoms with Crippen LogP contribution in [0.5, 0.6) is 0 Å². The van der Waals surface area contributed by atoms with Crippen molar-refractivity contribution in [3.8, 4) is 0 Å². The fourth-order valence-corrected chi connectivity index (χ4v) is 1.96. The summed E-state index contributed by atoms with van der Waals surface area (Å²) in [7, 11) is 0. The second-order valence-corrected chi connectivity index (χ2v) is 4.05. The average Bonchev–Trinajstić information content (AvgIpc) is 2.06. The molecule has 1 saturated carbocycles. The summed E-state index contributed by atoms with van der Waals surface area (Å²) in [6.07, 6.45) is 6.15. The number of aliphatic hydroxyl groups is 2. The lowest BCUT2D eigenvalue weighted by Gasteiger charge is -2.24. The van der Waals surface area contributed by atoms with E-state index in [0.717, 1.165) is 6.42 Å². The molecule has 2 atom stereocenters. The molecule has 0 amide bonds. The molecular formula is C10H20O2. The summed E-state index contributed by atoms with van der Waals surface area (Å²) >= 11 is 0. The van der Waals surface area contributed by atoms with E-state index in [9.17, 15) is 5.11 Å². The van der Waals surface area contributed by atoms with Gasteiger partial charge in [0.2, 0.25) is 0 Å². The summed E-state index contributed by atoms with van der Waals surface area (Å²) in [5, 5.41) is 18.5. The zero-order chi connectivity index (χ0) is 8.97. The van der Waals surface area contributed by atoms with Crippen LogP contribution < -0.4 is 0 Å². The number of rotatable bonds is 3.